The van der Waals surface area contributed by atoms with Crippen molar-refractivity contribution in [2.45, 2.75) is 24.1 Å². The molecule has 2 unspecified atom stereocenters. The summed E-state index contributed by atoms with van der Waals surface area (Å²) in [6, 6.07) is 2.33. The van der Waals surface area contributed by atoms with Crippen molar-refractivity contribution < 1.29 is 0 Å². The molecule has 1 saturated heterocycles. The molecule has 2 atom stereocenters. The molecule has 0 radical (unpaired) electrons. The lowest BCUT2D eigenvalue weighted by atomic mass is 9.95. The summed E-state index contributed by atoms with van der Waals surface area (Å²) in [7, 11) is 0. The second-order valence-corrected chi connectivity index (χ2v) is 4.35. The lowest BCUT2D eigenvalue weighted by Crippen LogP contribution is -2.48. The lowest BCUT2D eigenvalue weighted by Gasteiger charge is -2.25. The summed E-state index contributed by atoms with van der Waals surface area (Å²) in [4.78, 5) is 0. The Balaban J connectivity index is 2.64. The van der Waals surface area contributed by atoms with Gasteiger partial charge in [0.2, 0.25) is 0 Å². The van der Waals surface area contributed by atoms with Crippen molar-refractivity contribution in [3.8, 4) is 18.4 Å². The Bertz CT molecular complexity index is 238. The Morgan fingerprint density at radius 2 is 2.58 bits per heavy atom. The van der Waals surface area contributed by atoms with Crippen LogP contribution in [-0.2, 0) is 0 Å². The molecule has 64 valence electrons. The van der Waals surface area contributed by atoms with Crippen molar-refractivity contribution in [1.29, 1.82) is 5.26 Å². The summed E-state index contributed by atoms with van der Waals surface area (Å²) >= 11 is 1.83. The highest BCUT2D eigenvalue weighted by molar-refractivity contribution is 8.00. The topological polar surface area (TPSA) is 35.8 Å². The molecule has 0 aromatic rings. The number of thioether (sulfide) groups is 1. The van der Waals surface area contributed by atoms with E-state index in [9.17, 15) is 0 Å². The van der Waals surface area contributed by atoms with Gasteiger partial charge in [-0.15, -0.1) is 6.42 Å². The van der Waals surface area contributed by atoms with Crippen LogP contribution in [-0.4, -0.2) is 23.1 Å². The summed E-state index contributed by atoms with van der Waals surface area (Å²) in [5.74, 6) is 3.55. The smallest absolute Gasteiger partial charge is 0.119 e. The molecule has 0 saturated carbocycles. The third-order valence-corrected chi connectivity index (χ3v) is 3.61. The monoisotopic (exact) mass is 180 g/mol. The molecule has 1 heterocycles. The Morgan fingerprint density at radius 3 is 3.00 bits per heavy atom. The Labute approximate surface area is 77.7 Å². The summed E-state index contributed by atoms with van der Waals surface area (Å²) in [6.07, 6.45) is 6.04. The van der Waals surface area contributed by atoms with Crippen molar-refractivity contribution in [3.05, 3.63) is 0 Å². The van der Waals surface area contributed by atoms with Crippen LogP contribution in [0.1, 0.15) is 13.3 Å². The first-order chi connectivity index (χ1) is 5.75. The fourth-order valence-corrected chi connectivity index (χ4v) is 2.70. The number of rotatable bonds is 2. The van der Waals surface area contributed by atoms with Crippen LogP contribution in [0.3, 0.4) is 0 Å². The average molecular weight is 180 g/mol. The summed E-state index contributed by atoms with van der Waals surface area (Å²) in [5.41, 5.74) is -0.378. The highest BCUT2D eigenvalue weighted by atomic mass is 32.2. The summed E-state index contributed by atoms with van der Waals surface area (Å²) in [5, 5.41) is 12.5. The predicted octanol–water partition coefficient (Wildman–Crippen LogP) is 0.997. The molecule has 12 heavy (non-hydrogen) atoms. The van der Waals surface area contributed by atoms with Gasteiger partial charge in [-0.25, -0.2) is 0 Å². The van der Waals surface area contributed by atoms with E-state index < -0.39 is 0 Å². The van der Waals surface area contributed by atoms with Gasteiger partial charge in [-0.05, 0) is 12.2 Å². The average Bonchev–Trinajstić information content (AvgIpc) is 2.45. The zero-order valence-electron chi connectivity index (χ0n) is 7.13. The van der Waals surface area contributed by atoms with E-state index in [1.807, 2.05) is 11.8 Å². The quantitative estimate of drug-likeness (QED) is 0.644. The zero-order chi connectivity index (χ0) is 9.03. The van der Waals surface area contributed by atoms with Crippen molar-refractivity contribution in [3.63, 3.8) is 0 Å². The van der Waals surface area contributed by atoms with Crippen LogP contribution in [0.5, 0.6) is 0 Å². The first kappa shape index (κ1) is 9.45. The normalized spacial score (nSPS) is 34.1. The van der Waals surface area contributed by atoms with Gasteiger partial charge in [-0.1, -0.05) is 12.8 Å². The third-order valence-electron chi connectivity index (χ3n) is 2.26. The number of nitrogens with zero attached hydrogens (tertiary/aromatic N) is 1. The Kier molecular flexibility index (Phi) is 3.03. The summed E-state index contributed by atoms with van der Waals surface area (Å²) < 4.78 is 0. The van der Waals surface area contributed by atoms with E-state index in [-0.39, 0.29) is 5.54 Å². The molecule has 0 aliphatic carbocycles. The van der Waals surface area contributed by atoms with Gasteiger partial charge >= 0.3 is 0 Å². The van der Waals surface area contributed by atoms with E-state index >= 15 is 0 Å². The standard InChI is InChI=1S/C9H12N2S/c1-3-5-11-9(7-10)4-6-12-8(9)2/h1,8,11H,4-6H2,2H3. The minimum atomic E-state index is -0.378. The molecule has 1 fully saturated rings. The minimum Gasteiger partial charge on any atom is -0.288 e. The molecule has 3 heteroatoms. The first-order valence-corrected chi connectivity index (χ1v) is 5.01. The molecule has 0 aromatic heterocycles. The highest BCUT2D eigenvalue weighted by Crippen LogP contribution is 2.34. The van der Waals surface area contributed by atoms with Gasteiger partial charge in [-0.3, -0.25) is 5.32 Å². The maximum atomic E-state index is 9.02. The van der Waals surface area contributed by atoms with Crippen LogP contribution in [0.2, 0.25) is 0 Å². The van der Waals surface area contributed by atoms with Crippen LogP contribution < -0.4 is 5.32 Å². The van der Waals surface area contributed by atoms with Crippen LogP contribution >= 0.6 is 11.8 Å². The van der Waals surface area contributed by atoms with Gasteiger partial charge in [0, 0.05) is 5.25 Å². The van der Waals surface area contributed by atoms with Crippen LogP contribution in [0.4, 0.5) is 0 Å². The summed E-state index contributed by atoms with van der Waals surface area (Å²) in [6.45, 7) is 2.56. The molecule has 1 N–H and O–H groups in total. The Morgan fingerprint density at radius 1 is 1.83 bits per heavy atom. The van der Waals surface area contributed by atoms with Gasteiger partial charge in [0.15, 0.2) is 0 Å². The molecule has 0 aromatic carbocycles. The zero-order valence-corrected chi connectivity index (χ0v) is 7.95. The first-order valence-electron chi connectivity index (χ1n) is 3.96. The van der Waals surface area contributed by atoms with E-state index in [1.165, 1.54) is 0 Å². The van der Waals surface area contributed by atoms with Crippen molar-refractivity contribution in [2.75, 3.05) is 12.3 Å². The molecular weight excluding hydrogens is 168 g/mol. The molecule has 2 nitrogen and oxygen atoms in total. The maximum Gasteiger partial charge on any atom is 0.119 e. The number of hydrogen-bond acceptors (Lipinski definition) is 3. The molecule has 0 spiro atoms. The number of nitrogens with one attached hydrogen (secondary N) is 1. The van der Waals surface area contributed by atoms with E-state index in [1.54, 1.807) is 0 Å². The van der Waals surface area contributed by atoms with E-state index in [0.717, 1.165) is 12.2 Å². The largest absolute Gasteiger partial charge is 0.288 e. The molecule has 0 bridgehead atoms. The van der Waals surface area contributed by atoms with Gasteiger partial charge in [0.1, 0.15) is 5.54 Å². The fourth-order valence-electron chi connectivity index (χ4n) is 1.37. The van der Waals surface area contributed by atoms with Gasteiger partial charge < -0.3 is 0 Å². The molecule has 1 aliphatic rings. The second-order valence-electron chi connectivity index (χ2n) is 2.90. The SMILES string of the molecule is C#CCNC1(C#N)CCSC1C. The fraction of sp³-hybridized carbons (Fsp3) is 0.667. The second kappa shape index (κ2) is 3.85. The van der Waals surface area contributed by atoms with Crippen molar-refractivity contribution >= 4 is 11.8 Å². The van der Waals surface area contributed by atoms with Crippen LogP contribution in [0.25, 0.3) is 0 Å². The van der Waals surface area contributed by atoms with Gasteiger partial charge in [-0.2, -0.15) is 17.0 Å². The van der Waals surface area contributed by atoms with E-state index in [0.29, 0.717) is 11.8 Å². The molecule has 0 amide bonds. The maximum absolute atomic E-state index is 9.02. The highest BCUT2D eigenvalue weighted by Gasteiger charge is 2.40. The molecule has 1 rings (SSSR count). The predicted molar refractivity (Wildman–Crippen MR) is 51.7 cm³/mol. The van der Waals surface area contributed by atoms with Gasteiger partial charge in [0.05, 0.1) is 12.6 Å². The van der Waals surface area contributed by atoms with Crippen molar-refractivity contribution in [1.82, 2.24) is 5.32 Å². The third kappa shape index (κ3) is 1.58. The van der Waals surface area contributed by atoms with E-state index in [2.05, 4.69) is 24.2 Å². The van der Waals surface area contributed by atoms with E-state index in [4.69, 9.17) is 11.7 Å². The number of terminal acetylenes is 1. The molecular formula is C9H12N2S. The van der Waals surface area contributed by atoms with Crippen LogP contribution in [0, 0.1) is 23.7 Å². The lowest BCUT2D eigenvalue weighted by molar-refractivity contribution is 0.437. The molecule has 1 aliphatic heterocycles. The number of nitriles is 1. The number of hydrogen-bond donors (Lipinski definition) is 1. The van der Waals surface area contributed by atoms with Crippen LogP contribution in [0.15, 0.2) is 0 Å². The van der Waals surface area contributed by atoms with Gasteiger partial charge in [0.25, 0.3) is 0 Å². The Hall–Kier alpha value is -0.640. The minimum absolute atomic E-state index is 0.343. The van der Waals surface area contributed by atoms with Crippen molar-refractivity contribution in [2.24, 2.45) is 0 Å².